The van der Waals surface area contributed by atoms with Crippen LogP contribution in [0.1, 0.15) is 12.0 Å². The molecule has 0 atom stereocenters. The lowest BCUT2D eigenvalue weighted by Crippen LogP contribution is -2.14. The molecule has 0 saturated carbocycles. The molecule has 0 bridgehead atoms. The fourth-order valence-electron chi connectivity index (χ4n) is 2.23. The average molecular weight is 337 g/mol. The molecule has 0 saturated heterocycles. The van der Waals surface area contributed by atoms with Crippen molar-refractivity contribution in [1.29, 1.82) is 0 Å². The van der Waals surface area contributed by atoms with Crippen LogP contribution < -0.4 is 14.2 Å². The molecule has 1 heterocycles. The standard InChI is InChI=1S/C16H16FNO4S/c1-11-3-5-13(17)14(9-11)18-23(19,20)12-4-6-15-16(10-12)22-8-2-7-21-15/h3-6,9-10,18H,2,7-8H2,1H3. The van der Waals surface area contributed by atoms with Gasteiger partial charge in [0, 0.05) is 12.5 Å². The van der Waals surface area contributed by atoms with Crippen molar-refractivity contribution in [3.63, 3.8) is 0 Å². The number of aryl methyl sites for hydroxylation is 1. The number of anilines is 1. The van der Waals surface area contributed by atoms with Gasteiger partial charge in [-0.15, -0.1) is 0 Å². The second-order valence-corrected chi connectivity index (χ2v) is 6.93. The molecular weight excluding hydrogens is 321 g/mol. The van der Waals surface area contributed by atoms with Crippen molar-refractivity contribution in [2.75, 3.05) is 17.9 Å². The van der Waals surface area contributed by atoms with Crippen LogP contribution >= 0.6 is 0 Å². The molecule has 23 heavy (non-hydrogen) atoms. The Morgan fingerprint density at radius 2 is 1.78 bits per heavy atom. The molecule has 0 radical (unpaired) electrons. The maximum Gasteiger partial charge on any atom is 0.262 e. The second kappa shape index (κ2) is 6.08. The fourth-order valence-corrected chi connectivity index (χ4v) is 3.30. The van der Waals surface area contributed by atoms with Gasteiger partial charge in [-0.05, 0) is 36.8 Å². The molecule has 2 aromatic carbocycles. The van der Waals surface area contributed by atoms with Crippen molar-refractivity contribution in [3.05, 3.63) is 47.8 Å². The van der Waals surface area contributed by atoms with Crippen LogP contribution in [0.5, 0.6) is 11.5 Å². The number of rotatable bonds is 3. The second-order valence-electron chi connectivity index (χ2n) is 5.25. The van der Waals surface area contributed by atoms with Crippen molar-refractivity contribution in [1.82, 2.24) is 0 Å². The van der Waals surface area contributed by atoms with Crippen LogP contribution in [0.25, 0.3) is 0 Å². The molecule has 5 nitrogen and oxygen atoms in total. The van der Waals surface area contributed by atoms with Gasteiger partial charge in [-0.25, -0.2) is 12.8 Å². The Balaban J connectivity index is 1.93. The molecule has 0 unspecified atom stereocenters. The third kappa shape index (κ3) is 3.39. The van der Waals surface area contributed by atoms with Crippen molar-refractivity contribution >= 4 is 15.7 Å². The zero-order chi connectivity index (χ0) is 16.4. The summed E-state index contributed by atoms with van der Waals surface area (Å²) in [6.07, 6.45) is 0.726. The van der Waals surface area contributed by atoms with Gasteiger partial charge in [0.2, 0.25) is 0 Å². The highest BCUT2D eigenvalue weighted by atomic mass is 32.2. The first kappa shape index (κ1) is 15.6. The van der Waals surface area contributed by atoms with Gasteiger partial charge < -0.3 is 9.47 Å². The zero-order valence-corrected chi connectivity index (χ0v) is 13.3. The minimum atomic E-state index is -3.92. The van der Waals surface area contributed by atoms with Gasteiger partial charge in [0.05, 0.1) is 23.8 Å². The Kier molecular flexibility index (Phi) is 4.12. The van der Waals surface area contributed by atoms with E-state index in [4.69, 9.17) is 9.47 Å². The van der Waals surface area contributed by atoms with Crippen LogP contribution in [0.15, 0.2) is 41.3 Å². The van der Waals surface area contributed by atoms with Gasteiger partial charge in [0.1, 0.15) is 5.82 Å². The lowest BCUT2D eigenvalue weighted by molar-refractivity contribution is 0.297. The number of sulfonamides is 1. The summed E-state index contributed by atoms with van der Waals surface area (Å²) in [6, 6.07) is 8.57. The van der Waals surface area contributed by atoms with Gasteiger partial charge in [0.25, 0.3) is 10.0 Å². The molecule has 0 amide bonds. The van der Waals surface area contributed by atoms with E-state index in [1.807, 2.05) is 0 Å². The number of nitrogens with one attached hydrogen (secondary N) is 1. The normalized spacial score (nSPS) is 14.2. The lowest BCUT2D eigenvalue weighted by Gasteiger charge is -2.12. The zero-order valence-electron chi connectivity index (χ0n) is 12.5. The Morgan fingerprint density at radius 3 is 2.57 bits per heavy atom. The third-order valence-electron chi connectivity index (χ3n) is 3.40. The van der Waals surface area contributed by atoms with Gasteiger partial charge >= 0.3 is 0 Å². The van der Waals surface area contributed by atoms with Crippen LogP contribution in [-0.2, 0) is 10.0 Å². The van der Waals surface area contributed by atoms with E-state index in [1.165, 1.54) is 24.3 Å². The van der Waals surface area contributed by atoms with E-state index >= 15 is 0 Å². The van der Waals surface area contributed by atoms with E-state index in [-0.39, 0.29) is 10.6 Å². The van der Waals surface area contributed by atoms with Gasteiger partial charge in [-0.1, -0.05) is 6.07 Å². The average Bonchev–Trinajstić information content (AvgIpc) is 2.75. The number of ether oxygens (including phenoxy) is 2. The van der Waals surface area contributed by atoms with Gasteiger partial charge in [-0.2, -0.15) is 0 Å². The predicted molar refractivity (Wildman–Crippen MR) is 84.0 cm³/mol. The van der Waals surface area contributed by atoms with E-state index in [0.717, 1.165) is 12.0 Å². The Morgan fingerprint density at radius 1 is 1.04 bits per heavy atom. The molecule has 2 aromatic rings. The van der Waals surface area contributed by atoms with E-state index in [2.05, 4.69) is 4.72 Å². The summed E-state index contributed by atoms with van der Waals surface area (Å²) < 4.78 is 51.9. The first-order chi connectivity index (χ1) is 11.0. The molecule has 0 aliphatic carbocycles. The molecule has 7 heteroatoms. The number of fused-ring (bicyclic) bond motifs is 1. The topological polar surface area (TPSA) is 64.6 Å². The van der Waals surface area contributed by atoms with Crippen molar-refractivity contribution in [3.8, 4) is 11.5 Å². The quantitative estimate of drug-likeness (QED) is 0.935. The molecule has 1 aliphatic rings. The summed E-state index contributed by atoms with van der Waals surface area (Å²) in [6.45, 7) is 2.73. The SMILES string of the molecule is Cc1ccc(F)c(NS(=O)(=O)c2ccc3c(c2)OCCCO3)c1. The highest BCUT2D eigenvalue weighted by molar-refractivity contribution is 7.92. The molecular formula is C16H16FNO4S. The number of benzene rings is 2. The number of hydrogen-bond acceptors (Lipinski definition) is 4. The van der Waals surface area contributed by atoms with E-state index in [0.29, 0.717) is 24.7 Å². The Hall–Kier alpha value is -2.28. The van der Waals surface area contributed by atoms with Crippen LogP contribution in [0.2, 0.25) is 0 Å². The maximum absolute atomic E-state index is 13.8. The fraction of sp³-hybridized carbons (Fsp3) is 0.250. The van der Waals surface area contributed by atoms with Crippen molar-refractivity contribution < 1.29 is 22.3 Å². The lowest BCUT2D eigenvalue weighted by atomic mass is 10.2. The molecule has 0 fully saturated rings. The van der Waals surface area contributed by atoms with E-state index in [9.17, 15) is 12.8 Å². The summed E-state index contributed by atoms with van der Waals surface area (Å²) in [5.41, 5.74) is 0.667. The highest BCUT2D eigenvalue weighted by Crippen LogP contribution is 2.32. The number of halogens is 1. The first-order valence-corrected chi connectivity index (χ1v) is 8.63. The summed E-state index contributed by atoms with van der Waals surface area (Å²) in [4.78, 5) is -0.0114. The van der Waals surface area contributed by atoms with Crippen LogP contribution in [0.3, 0.4) is 0 Å². The maximum atomic E-state index is 13.8. The minimum absolute atomic E-state index is 0.0114. The predicted octanol–water partition coefficient (Wildman–Crippen LogP) is 3.10. The summed E-state index contributed by atoms with van der Waals surface area (Å²) in [5, 5.41) is 0. The number of hydrogen-bond donors (Lipinski definition) is 1. The van der Waals surface area contributed by atoms with Gasteiger partial charge in [0.15, 0.2) is 11.5 Å². The minimum Gasteiger partial charge on any atom is -0.490 e. The van der Waals surface area contributed by atoms with Crippen LogP contribution in [0, 0.1) is 12.7 Å². The van der Waals surface area contributed by atoms with Crippen molar-refractivity contribution in [2.24, 2.45) is 0 Å². The van der Waals surface area contributed by atoms with Crippen LogP contribution in [-0.4, -0.2) is 21.6 Å². The largest absolute Gasteiger partial charge is 0.490 e. The smallest absolute Gasteiger partial charge is 0.262 e. The molecule has 1 aliphatic heterocycles. The van der Waals surface area contributed by atoms with E-state index in [1.54, 1.807) is 19.1 Å². The Labute approximate surface area is 134 Å². The summed E-state index contributed by atoms with van der Waals surface area (Å²) >= 11 is 0. The summed E-state index contributed by atoms with van der Waals surface area (Å²) in [7, 11) is -3.92. The molecule has 3 rings (SSSR count). The molecule has 1 N–H and O–H groups in total. The first-order valence-electron chi connectivity index (χ1n) is 7.14. The third-order valence-corrected chi connectivity index (χ3v) is 4.76. The van der Waals surface area contributed by atoms with Crippen LogP contribution in [0.4, 0.5) is 10.1 Å². The Bertz CT molecular complexity index is 836. The van der Waals surface area contributed by atoms with Crippen molar-refractivity contribution in [2.45, 2.75) is 18.2 Å². The summed E-state index contributed by atoms with van der Waals surface area (Å²) in [5.74, 6) is 0.242. The molecule has 122 valence electrons. The molecule has 0 aromatic heterocycles. The highest BCUT2D eigenvalue weighted by Gasteiger charge is 2.20. The monoisotopic (exact) mass is 337 g/mol. The van der Waals surface area contributed by atoms with Gasteiger partial charge in [-0.3, -0.25) is 4.72 Å². The van der Waals surface area contributed by atoms with E-state index < -0.39 is 15.8 Å². The molecule has 0 spiro atoms.